The van der Waals surface area contributed by atoms with Crippen molar-refractivity contribution in [2.24, 2.45) is 0 Å². The summed E-state index contributed by atoms with van der Waals surface area (Å²) in [5.41, 5.74) is 3.08. The van der Waals surface area contributed by atoms with Gasteiger partial charge in [0.05, 0.1) is 12.5 Å². The third kappa shape index (κ3) is 2.34. The molecule has 0 bridgehead atoms. The Balaban J connectivity index is 2.14. The molecule has 0 amide bonds. The Morgan fingerprint density at radius 2 is 1.87 bits per heavy atom. The van der Waals surface area contributed by atoms with Gasteiger partial charge in [-0.05, 0) is 24.1 Å². The molecule has 2 nitrogen and oxygen atoms in total. The Bertz CT molecular complexity index is 438. The Hall–Kier alpha value is -1.83. The quantitative estimate of drug-likeness (QED) is 0.713. The summed E-state index contributed by atoms with van der Waals surface area (Å²) >= 11 is 0. The Morgan fingerprint density at radius 3 is 2.40 bits per heavy atom. The van der Waals surface area contributed by atoms with E-state index in [2.05, 4.69) is 0 Å². The molecule has 15 heavy (non-hydrogen) atoms. The number of hydrogen-bond donors (Lipinski definition) is 0. The van der Waals surface area contributed by atoms with Gasteiger partial charge in [-0.25, -0.2) is 0 Å². The molecular formula is C13H12O2. The summed E-state index contributed by atoms with van der Waals surface area (Å²) in [6.07, 6.45) is 4.24. The fraction of sp³-hybridized carbons (Fsp3) is 0.154. The zero-order valence-corrected chi connectivity index (χ0v) is 8.57. The van der Waals surface area contributed by atoms with E-state index in [1.807, 2.05) is 30.3 Å². The van der Waals surface area contributed by atoms with Crippen molar-refractivity contribution in [3.8, 4) is 0 Å². The summed E-state index contributed by atoms with van der Waals surface area (Å²) in [5.74, 6) is 0.102. The molecule has 2 heteroatoms. The van der Waals surface area contributed by atoms with Gasteiger partial charge in [-0.1, -0.05) is 24.3 Å². The molecule has 0 radical (unpaired) electrons. The molecule has 2 rings (SSSR count). The summed E-state index contributed by atoms with van der Waals surface area (Å²) in [6.45, 7) is 1.57. The number of furan rings is 1. The van der Waals surface area contributed by atoms with E-state index in [0.717, 1.165) is 17.5 Å². The van der Waals surface area contributed by atoms with Crippen molar-refractivity contribution in [3.05, 3.63) is 59.5 Å². The van der Waals surface area contributed by atoms with Crippen LogP contribution in [0.15, 0.2) is 47.3 Å². The van der Waals surface area contributed by atoms with Gasteiger partial charge in [0.1, 0.15) is 0 Å². The molecule has 1 aromatic heterocycles. The molecule has 0 spiro atoms. The number of rotatable bonds is 3. The molecule has 76 valence electrons. The van der Waals surface area contributed by atoms with Crippen molar-refractivity contribution in [3.63, 3.8) is 0 Å². The largest absolute Gasteiger partial charge is 0.472 e. The number of Topliss-reactive ketones (excluding diaryl/α,β-unsaturated/α-hetero) is 1. The topological polar surface area (TPSA) is 30.2 Å². The molecule has 0 aliphatic heterocycles. The van der Waals surface area contributed by atoms with E-state index in [9.17, 15) is 4.79 Å². The molecule has 0 aliphatic rings. The molecule has 0 N–H and O–H groups in total. The molecule has 2 aromatic rings. The van der Waals surface area contributed by atoms with Crippen LogP contribution in [-0.4, -0.2) is 5.78 Å². The maximum Gasteiger partial charge on any atom is 0.159 e. The number of carbonyl (C=O) groups excluding carboxylic acids is 1. The van der Waals surface area contributed by atoms with Crippen molar-refractivity contribution in [2.75, 3.05) is 0 Å². The van der Waals surface area contributed by atoms with Crippen LogP contribution >= 0.6 is 0 Å². The van der Waals surface area contributed by atoms with E-state index >= 15 is 0 Å². The fourth-order valence-electron chi connectivity index (χ4n) is 1.49. The Kier molecular flexibility index (Phi) is 2.68. The maximum absolute atomic E-state index is 11.1. The number of ketones is 1. The average molecular weight is 200 g/mol. The van der Waals surface area contributed by atoms with Gasteiger partial charge in [-0.3, -0.25) is 4.79 Å². The maximum atomic E-state index is 11.1. The van der Waals surface area contributed by atoms with Crippen LogP contribution in [0.5, 0.6) is 0 Å². The SMILES string of the molecule is CC(=O)c1ccc(Cc2ccoc2)cc1. The van der Waals surface area contributed by atoms with E-state index in [4.69, 9.17) is 4.42 Å². The first-order chi connectivity index (χ1) is 7.25. The Labute approximate surface area is 88.5 Å². The number of benzene rings is 1. The highest BCUT2D eigenvalue weighted by atomic mass is 16.3. The van der Waals surface area contributed by atoms with Gasteiger partial charge in [0.25, 0.3) is 0 Å². The summed E-state index contributed by atoms with van der Waals surface area (Å²) in [5, 5.41) is 0. The zero-order valence-electron chi connectivity index (χ0n) is 8.57. The van der Waals surface area contributed by atoms with Gasteiger partial charge < -0.3 is 4.42 Å². The lowest BCUT2D eigenvalue weighted by molar-refractivity contribution is 0.101. The van der Waals surface area contributed by atoms with Crippen LogP contribution in [-0.2, 0) is 6.42 Å². The lowest BCUT2D eigenvalue weighted by Crippen LogP contribution is -1.92. The van der Waals surface area contributed by atoms with E-state index in [1.165, 1.54) is 5.56 Å². The lowest BCUT2D eigenvalue weighted by atomic mass is 10.0. The highest BCUT2D eigenvalue weighted by Crippen LogP contribution is 2.11. The van der Waals surface area contributed by atoms with Crippen molar-refractivity contribution < 1.29 is 9.21 Å². The van der Waals surface area contributed by atoms with Crippen LogP contribution in [0.3, 0.4) is 0 Å². The molecule has 0 aliphatic carbocycles. The number of hydrogen-bond acceptors (Lipinski definition) is 2. The summed E-state index contributed by atoms with van der Waals surface area (Å²) in [4.78, 5) is 11.1. The van der Waals surface area contributed by atoms with Gasteiger partial charge >= 0.3 is 0 Å². The molecule has 0 fully saturated rings. The van der Waals surface area contributed by atoms with Crippen LogP contribution in [0.2, 0.25) is 0 Å². The minimum absolute atomic E-state index is 0.102. The van der Waals surface area contributed by atoms with Crippen LogP contribution in [0.4, 0.5) is 0 Å². The molecule has 0 saturated heterocycles. The van der Waals surface area contributed by atoms with E-state index in [1.54, 1.807) is 19.5 Å². The fourth-order valence-corrected chi connectivity index (χ4v) is 1.49. The summed E-state index contributed by atoms with van der Waals surface area (Å²) in [7, 11) is 0. The predicted octanol–water partition coefficient (Wildman–Crippen LogP) is 3.07. The second-order valence-electron chi connectivity index (χ2n) is 3.56. The van der Waals surface area contributed by atoms with Gasteiger partial charge in [0, 0.05) is 12.0 Å². The third-order valence-electron chi connectivity index (χ3n) is 2.35. The molecule has 0 unspecified atom stereocenters. The average Bonchev–Trinajstić information content (AvgIpc) is 2.71. The first-order valence-corrected chi connectivity index (χ1v) is 4.86. The van der Waals surface area contributed by atoms with E-state index in [0.29, 0.717) is 0 Å². The molecule has 0 saturated carbocycles. The number of carbonyl (C=O) groups is 1. The second-order valence-corrected chi connectivity index (χ2v) is 3.56. The first kappa shape index (κ1) is 9.71. The highest BCUT2D eigenvalue weighted by molar-refractivity contribution is 5.94. The van der Waals surface area contributed by atoms with Crippen LogP contribution in [0.1, 0.15) is 28.4 Å². The lowest BCUT2D eigenvalue weighted by Gasteiger charge is -1.99. The summed E-state index contributed by atoms with van der Waals surface area (Å²) < 4.78 is 4.99. The van der Waals surface area contributed by atoms with Crippen molar-refractivity contribution in [2.45, 2.75) is 13.3 Å². The smallest absolute Gasteiger partial charge is 0.159 e. The molecular weight excluding hydrogens is 188 g/mol. The second kappa shape index (κ2) is 4.13. The van der Waals surface area contributed by atoms with E-state index < -0.39 is 0 Å². The van der Waals surface area contributed by atoms with Crippen LogP contribution in [0, 0.1) is 0 Å². The first-order valence-electron chi connectivity index (χ1n) is 4.86. The molecule has 1 heterocycles. The standard InChI is InChI=1S/C13H12O2/c1-10(14)13-4-2-11(3-5-13)8-12-6-7-15-9-12/h2-7,9H,8H2,1H3. The summed E-state index contributed by atoms with van der Waals surface area (Å²) in [6, 6.07) is 9.61. The molecule has 1 aromatic carbocycles. The normalized spacial score (nSPS) is 10.2. The third-order valence-corrected chi connectivity index (χ3v) is 2.35. The minimum atomic E-state index is 0.102. The molecule has 0 atom stereocenters. The minimum Gasteiger partial charge on any atom is -0.472 e. The van der Waals surface area contributed by atoms with Gasteiger partial charge in [0.15, 0.2) is 5.78 Å². The van der Waals surface area contributed by atoms with E-state index in [-0.39, 0.29) is 5.78 Å². The monoisotopic (exact) mass is 200 g/mol. The van der Waals surface area contributed by atoms with Gasteiger partial charge in [0.2, 0.25) is 0 Å². The van der Waals surface area contributed by atoms with Gasteiger partial charge in [-0.2, -0.15) is 0 Å². The van der Waals surface area contributed by atoms with Crippen LogP contribution in [0.25, 0.3) is 0 Å². The Morgan fingerprint density at radius 1 is 1.13 bits per heavy atom. The van der Waals surface area contributed by atoms with Crippen molar-refractivity contribution in [1.82, 2.24) is 0 Å². The van der Waals surface area contributed by atoms with Crippen molar-refractivity contribution in [1.29, 1.82) is 0 Å². The zero-order chi connectivity index (χ0) is 10.7. The van der Waals surface area contributed by atoms with Gasteiger partial charge in [-0.15, -0.1) is 0 Å². The predicted molar refractivity (Wildman–Crippen MR) is 58.0 cm³/mol. The van der Waals surface area contributed by atoms with Crippen LogP contribution < -0.4 is 0 Å². The highest BCUT2D eigenvalue weighted by Gasteiger charge is 2.00. The van der Waals surface area contributed by atoms with Crippen molar-refractivity contribution >= 4 is 5.78 Å².